The van der Waals surface area contributed by atoms with E-state index in [1.165, 1.54) is 5.57 Å². The standard InChI is InChI=1S/C14H25N3O/c1-10(2)17-6-4-13(5-7-17)16-14(18)11(3)12-8-15-9-12/h10,13,15H,4-9H2,1-3H3,(H,16,18). The number of carbonyl (C=O) groups is 1. The Bertz CT molecular complexity index is 335. The molecule has 0 aromatic rings. The molecule has 2 fully saturated rings. The Morgan fingerprint density at radius 1 is 1.33 bits per heavy atom. The second kappa shape index (κ2) is 5.85. The van der Waals surface area contributed by atoms with Crippen LogP contribution in [0.2, 0.25) is 0 Å². The predicted molar refractivity (Wildman–Crippen MR) is 73.4 cm³/mol. The minimum atomic E-state index is 0.134. The maximum absolute atomic E-state index is 12.1. The number of hydrogen-bond donors (Lipinski definition) is 2. The fraction of sp³-hybridized carbons (Fsp3) is 0.786. The zero-order valence-electron chi connectivity index (χ0n) is 11.8. The van der Waals surface area contributed by atoms with Crippen LogP contribution in [-0.4, -0.2) is 49.1 Å². The number of likely N-dealkylation sites (tertiary alicyclic amines) is 1. The highest BCUT2D eigenvalue weighted by Gasteiger charge is 2.23. The van der Waals surface area contributed by atoms with Crippen LogP contribution in [0.4, 0.5) is 0 Å². The topological polar surface area (TPSA) is 44.4 Å². The first-order valence-electron chi connectivity index (χ1n) is 7.02. The summed E-state index contributed by atoms with van der Waals surface area (Å²) in [6.45, 7) is 10.4. The molecule has 2 saturated heterocycles. The quantitative estimate of drug-likeness (QED) is 0.732. The van der Waals surface area contributed by atoms with Crippen molar-refractivity contribution in [3.05, 3.63) is 11.1 Å². The Balaban J connectivity index is 1.79. The third kappa shape index (κ3) is 3.12. The van der Waals surface area contributed by atoms with Crippen molar-refractivity contribution in [1.29, 1.82) is 0 Å². The van der Waals surface area contributed by atoms with E-state index in [4.69, 9.17) is 0 Å². The van der Waals surface area contributed by atoms with Crippen LogP contribution in [0.5, 0.6) is 0 Å². The molecule has 102 valence electrons. The van der Waals surface area contributed by atoms with Gasteiger partial charge in [-0.15, -0.1) is 0 Å². The van der Waals surface area contributed by atoms with Gasteiger partial charge in [-0.3, -0.25) is 4.79 Å². The van der Waals surface area contributed by atoms with E-state index in [2.05, 4.69) is 29.4 Å². The third-order valence-electron chi connectivity index (χ3n) is 4.14. The Hall–Kier alpha value is -0.870. The molecule has 2 aliphatic rings. The summed E-state index contributed by atoms with van der Waals surface area (Å²) in [5.41, 5.74) is 2.17. The largest absolute Gasteiger partial charge is 0.349 e. The Morgan fingerprint density at radius 3 is 2.39 bits per heavy atom. The van der Waals surface area contributed by atoms with Gasteiger partial charge in [0.2, 0.25) is 5.91 Å². The average Bonchev–Trinajstić information content (AvgIpc) is 2.27. The molecule has 0 aliphatic carbocycles. The molecule has 2 aliphatic heterocycles. The molecule has 18 heavy (non-hydrogen) atoms. The predicted octanol–water partition coefficient (Wildman–Crippen LogP) is 0.895. The fourth-order valence-corrected chi connectivity index (χ4v) is 2.53. The molecule has 4 heteroatoms. The summed E-state index contributed by atoms with van der Waals surface area (Å²) >= 11 is 0. The molecule has 2 N–H and O–H groups in total. The second-order valence-corrected chi connectivity index (χ2v) is 5.71. The van der Waals surface area contributed by atoms with E-state index in [9.17, 15) is 4.79 Å². The highest BCUT2D eigenvalue weighted by molar-refractivity contribution is 5.94. The van der Waals surface area contributed by atoms with Crippen LogP contribution in [0.3, 0.4) is 0 Å². The maximum Gasteiger partial charge on any atom is 0.247 e. The number of nitrogens with zero attached hydrogens (tertiary/aromatic N) is 1. The minimum absolute atomic E-state index is 0.134. The van der Waals surface area contributed by atoms with Crippen molar-refractivity contribution >= 4 is 5.91 Å². The first-order chi connectivity index (χ1) is 8.58. The van der Waals surface area contributed by atoms with E-state index in [1.807, 2.05) is 6.92 Å². The number of amides is 1. The SMILES string of the molecule is CC(C(=O)NC1CCN(C(C)C)CC1)=C1CNC1. The molecule has 0 radical (unpaired) electrons. The van der Waals surface area contributed by atoms with Gasteiger partial charge in [0.25, 0.3) is 0 Å². The Labute approximate surface area is 110 Å². The average molecular weight is 251 g/mol. The zero-order chi connectivity index (χ0) is 13.1. The van der Waals surface area contributed by atoms with Crippen LogP contribution < -0.4 is 10.6 Å². The fourth-order valence-electron chi connectivity index (χ4n) is 2.53. The third-order valence-corrected chi connectivity index (χ3v) is 4.14. The van der Waals surface area contributed by atoms with E-state index >= 15 is 0 Å². The lowest BCUT2D eigenvalue weighted by atomic mass is 10.0. The van der Waals surface area contributed by atoms with Gasteiger partial charge in [-0.25, -0.2) is 0 Å². The van der Waals surface area contributed by atoms with E-state index in [1.54, 1.807) is 0 Å². The molecular weight excluding hydrogens is 226 g/mol. The molecule has 2 rings (SSSR count). The van der Waals surface area contributed by atoms with Crippen molar-refractivity contribution in [3.63, 3.8) is 0 Å². The van der Waals surface area contributed by atoms with E-state index in [0.717, 1.165) is 44.6 Å². The summed E-state index contributed by atoms with van der Waals surface area (Å²) in [5.74, 6) is 0.134. The van der Waals surface area contributed by atoms with Crippen LogP contribution in [0.25, 0.3) is 0 Å². The lowest BCUT2D eigenvalue weighted by molar-refractivity contribution is -0.118. The van der Waals surface area contributed by atoms with Gasteiger partial charge in [-0.2, -0.15) is 0 Å². The van der Waals surface area contributed by atoms with Crippen LogP contribution in [-0.2, 0) is 4.79 Å². The highest BCUT2D eigenvalue weighted by atomic mass is 16.1. The van der Waals surface area contributed by atoms with Crippen LogP contribution in [0.1, 0.15) is 33.6 Å². The number of nitrogens with one attached hydrogen (secondary N) is 2. The van der Waals surface area contributed by atoms with E-state index < -0.39 is 0 Å². The van der Waals surface area contributed by atoms with Crippen molar-refractivity contribution in [2.24, 2.45) is 0 Å². The Kier molecular flexibility index (Phi) is 4.40. The molecule has 0 aromatic carbocycles. The summed E-state index contributed by atoms with van der Waals surface area (Å²) in [7, 11) is 0. The van der Waals surface area contributed by atoms with Gasteiger partial charge in [0.05, 0.1) is 0 Å². The molecular formula is C14H25N3O. The molecule has 0 saturated carbocycles. The minimum Gasteiger partial charge on any atom is -0.349 e. The summed E-state index contributed by atoms with van der Waals surface area (Å²) in [6, 6.07) is 0.975. The van der Waals surface area contributed by atoms with Gasteiger partial charge in [0, 0.05) is 43.8 Å². The number of hydrogen-bond acceptors (Lipinski definition) is 3. The smallest absolute Gasteiger partial charge is 0.247 e. The van der Waals surface area contributed by atoms with Gasteiger partial charge >= 0.3 is 0 Å². The number of piperidine rings is 1. The van der Waals surface area contributed by atoms with E-state index in [0.29, 0.717) is 12.1 Å². The molecule has 4 nitrogen and oxygen atoms in total. The summed E-state index contributed by atoms with van der Waals surface area (Å²) < 4.78 is 0. The maximum atomic E-state index is 12.1. The first kappa shape index (κ1) is 13.6. The number of carbonyl (C=O) groups excluding carboxylic acids is 1. The molecule has 0 unspecified atom stereocenters. The lowest BCUT2D eigenvalue weighted by Crippen LogP contribution is -2.47. The Morgan fingerprint density at radius 2 is 1.94 bits per heavy atom. The summed E-state index contributed by atoms with van der Waals surface area (Å²) in [4.78, 5) is 14.5. The lowest BCUT2D eigenvalue weighted by Gasteiger charge is -2.35. The number of rotatable bonds is 3. The van der Waals surface area contributed by atoms with Crippen molar-refractivity contribution in [2.45, 2.75) is 45.7 Å². The van der Waals surface area contributed by atoms with Gasteiger partial charge < -0.3 is 15.5 Å². The van der Waals surface area contributed by atoms with Gasteiger partial charge in [-0.05, 0) is 39.2 Å². The van der Waals surface area contributed by atoms with Crippen molar-refractivity contribution < 1.29 is 4.79 Å². The molecule has 0 aromatic heterocycles. The first-order valence-corrected chi connectivity index (χ1v) is 7.02. The molecule has 0 spiro atoms. The second-order valence-electron chi connectivity index (χ2n) is 5.71. The van der Waals surface area contributed by atoms with Gasteiger partial charge in [0.1, 0.15) is 0 Å². The van der Waals surface area contributed by atoms with Crippen molar-refractivity contribution in [2.75, 3.05) is 26.2 Å². The normalized spacial score (nSPS) is 21.9. The molecule has 0 atom stereocenters. The monoisotopic (exact) mass is 251 g/mol. The van der Waals surface area contributed by atoms with Gasteiger partial charge in [0.15, 0.2) is 0 Å². The van der Waals surface area contributed by atoms with Crippen molar-refractivity contribution in [1.82, 2.24) is 15.5 Å². The molecule has 2 heterocycles. The molecule has 1 amide bonds. The van der Waals surface area contributed by atoms with Crippen LogP contribution in [0, 0.1) is 0 Å². The van der Waals surface area contributed by atoms with Gasteiger partial charge in [-0.1, -0.05) is 0 Å². The van der Waals surface area contributed by atoms with Crippen molar-refractivity contribution in [3.8, 4) is 0 Å². The highest BCUT2D eigenvalue weighted by Crippen LogP contribution is 2.14. The van der Waals surface area contributed by atoms with Crippen LogP contribution >= 0.6 is 0 Å². The zero-order valence-corrected chi connectivity index (χ0v) is 11.8. The summed E-state index contributed by atoms with van der Waals surface area (Å²) in [6.07, 6.45) is 2.15. The van der Waals surface area contributed by atoms with Crippen LogP contribution in [0.15, 0.2) is 11.1 Å². The summed E-state index contributed by atoms with van der Waals surface area (Å²) in [5, 5.41) is 6.35. The molecule has 0 bridgehead atoms. The van der Waals surface area contributed by atoms with E-state index in [-0.39, 0.29) is 5.91 Å².